The number of para-hydroxylation sites is 2. The summed E-state index contributed by atoms with van der Waals surface area (Å²) in [6.07, 6.45) is 3.29. The van der Waals surface area contributed by atoms with Gasteiger partial charge in [-0.05, 0) is 42.5 Å². The highest BCUT2D eigenvalue weighted by atomic mass is 16.6. The maximum absolute atomic E-state index is 13.1. The topological polar surface area (TPSA) is 102 Å². The van der Waals surface area contributed by atoms with E-state index in [4.69, 9.17) is 19.0 Å². The first-order valence-electron chi connectivity index (χ1n) is 11.6. The molecule has 0 spiro atoms. The van der Waals surface area contributed by atoms with Gasteiger partial charge in [-0.1, -0.05) is 36.4 Å². The molecule has 5 aromatic rings. The van der Waals surface area contributed by atoms with Crippen LogP contribution in [0.5, 0.6) is 11.5 Å². The Morgan fingerprint density at radius 2 is 1.76 bits per heavy atom. The Hall–Kier alpha value is -5.29. The minimum Gasteiger partial charge on any atom is -0.486 e. The highest BCUT2D eigenvalue weighted by molar-refractivity contribution is 6.10. The Labute approximate surface area is 212 Å². The summed E-state index contributed by atoms with van der Waals surface area (Å²) in [5.41, 5.74) is 3.04. The molecular formula is C29H20N4O4. The fourth-order valence-electron chi connectivity index (χ4n) is 4.12. The van der Waals surface area contributed by atoms with Crippen LogP contribution in [-0.4, -0.2) is 28.9 Å². The molecule has 0 atom stereocenters. The van der Waals surface area contributed by atoms with E-state index in [9.17, 15) is 10.1 Å². The number of rotatable bonds is 5. The molecular weight excluding hydrogens is 468 g/mol. The highest BCUT2D eigenvalue weighted by Crippen LogP contribution is 2.33. The molecule has 180 valence electrons. The molecule has 0 radical (unpaired) electrons. The number of hydrogen-bond acceptors (Lipinski definition) is 6. The van der Waals surface area contributed by atoms with Crippen LogP contribution in [0.2, 0.25) is 0 Å². The molecule has 2 aromatic heterocycles. The Balaban J connectivity index is 1.38. The van der Waals surface area contributed by atoms with Gasteiger partial charge < -0.3 is 19.2 Å². The van der Waals surface area contributed by atoms with Crippen LogP contribution in [0, 0.1) is 11.3 Å². The lowest BCUT2D eigenvalue weighted by molar-refractivity contribution is -0.112. The lowest BCUT2D eigenvalue weighted by Crippen LogP contribution is -2.17. The number of ether oxygens (including phenoxy) is 2. The van der Waals surface area contributed by atoms with E-state index in [2.05, 4.69) is 5.32 Å². The zero-order valence-corrected chi connectivity index (χ0v) is 19.5. The predicted octanol–water partition coefficient (Wildman–Crippen LogP) is 5.60. The minimum atomic E-state index is -0.554. The molecule has 0 saturated carbocycles. The second-order valence-corrected chi connectivity index (χ2v) is 8.34. The molecule has 8 heteroatoms. The predicted molar refractivity (Wildman–Crippen MR) is 138 cm³/mol. The summed E-state index contributed by atoms with van der Waals surface area (Å²) in [7, 11) is 0. The van der Waals surface area contributed by atoms with Crippen LogP contribution in [0.3, 0.4) is 0 Å². The number of anilines is 1. The number of fused-ring (bicyclic) bond motifs is 2. The number of nitrogens with zero attached hydrogens (tertiary/aromatic N) is 3. The molecule has 0 aliphatic carbocycles. The summed E-state index contributed by atoms with van der Waals surface area (Å²) in [6, 6.07) is 26.3. The number of hydrogen-bond donors (Lipinski definition) is 1. The molecule has 1 aliphatic rings. The SMILES string of the molecule is N#C/C(=C\c1cn(-c2ccccc2)nc1-c1cc2ccccc2o1)C(=O)Nc1ccc2c(c1)OCCO2. The molecule has 0 unspecified atom stereocenters. The number of furan rings is 1. The first-order chi connectivity index (χ1) is 18.2. The Morgan fingerprint density at radius 1 is 0.973 bits per heavy atom. The summed E-state index contributed by atoms with van der Waals surface area (Å²) in [4.78, 5) is 13.1. The van der Waals surface area contributed by atoms with E-state index in [1.54, 1.807) is 29.1 Å². The first-order valence-corrected chi connectivity index (χ1v) is 11.6. The van der Waals surface area contributed by atoms with Crippen molar-refractivity contribution in [3.8, 4) is 34.7 Å². The summed E-state index contributed by atoms with van der Waals surface area (Å²) in [5, 5.41) is 18.3. The second kappa shape index (κ2) is 9.40. The van der Waals surface area contributed by atoms with Crippen molar-refractivity contribution >= 4 is 28.6 Å². The third kappa shape index (κ3) is 4.42. The van der Waals surface area contributed by atoms with Crippen molar-refractivity contribution in [1.29, 1.82) is 5.26 Å². The zero-order valence-electron chi connectivity index (χ0n) is 19.5. The van der Waals surface area contributed by atoms with Gasteiger partial charge in [-0.25, -0.2) is 4.68 Å². The minimum absolute atomic E-state index is 0.0835. The highest BCUT2D eigenvalue weighted by Gasteiger charge is 2.19. The molecule has 0 fully saturated rings. The third-order valence-corrected chi connectivity index (χ3v) is 5.89. The van der Waals surface area contributed by atoms with E-state index in [0.29, 0.717) is 47.4 Å². The Morgan fingerprint density at radius 3 is 2.57 bits per heavy atom. The number of amides is 1. The zero-order chi connectivity index (χ0) is 25.2. The van der Waals surface area contributed by atoms with Gasteiger partial charge in [0.05, 0.1) is 5.69 Å². The van der Waals surface area contributed by atoms with Crippen LogP contribution >= 0.6 is 0 Å². The lowest BCUT2D eigenvalue weighted by atomic mass is 10.1. The van der Waals surface area contributed by atoms with Gasteiger partial charge in [0.1, 0.15) is 36.1 Å². The fourth-order valence-corrected chi connectivity index (χ4v) is 4.12. The Kier molecular flexibility index (Phi) is 5.64. The molecule has 37 heavy (non-hydrogen) atoms. The van der Waals surface area contributed by atoms with Crippen LogP contribution in [0.15, 0.2) is 95.0 Å². The van der Waals surface area contributed by atoms with E-state index in [1.807, 2.05) is 66.7 Å². The first kappa shape index (κ1) is 22.2. The number of aromatic nitrogens is 2. The van der Waals surface area contributed by atoms with Crippen molar-refractivity contribution in [2.24, 2.45) is 0 Å². The van der Waals surface area contributed by atoms with E-state index in [1.165, 1.54) is 6.08 Å². The number of carbonyl (C=O) groups is 1. The van der Waals surface area contributed by atoms with Crippen LogP contribution < -0.4 is 14.8 Å². The summed E-state index contributed by atoms with van der Waals surface area (Å²) in [6.45, 7) is 0.911. The second-order valence-electron chi connectivity index (χ2n) is 8.34. The Bertz CT molecular complexity index is 1660. The molecule has 8 nitrogen and oxygen atoms in total. The van der Waals surface area contributed by atoms with Crippen LogP contribution in [0.25, 0.3) is 34.2 Å². The maximum atomic E-state index is 13.1. The van der Waals surface area contributed by atoms with Crippen molar-refractivity contribution in [3.63, 3.8) is 0 Å². The molecule has 3 heterocycles. The van der Waals surface area contributed by atoms with E-state index in [-0.39, 0.29) is 5.57 Å². The van der Waals surface area contributed by atoms with E-state index >= 15 is 0 Å². The van der Waals surface area contributed by atoms with Gasteiger partial charge in [0.2, 0.25) is 0 Å². The molecule has 1 amide bonds. The largest absolute Gasteiger partial charge is 0.486 e. The monoisotopic (exact) mass is 488 g/mol. The van der Waals surface area contributed by atoms with Gasteiger partial charge in [-0.2, -0.15) is 10.4 Å². The summed E-state index contributed by atoms with van der Waals surface area (Å²) >= 11 is 0. The molecule has 6 rings (SSSR count). The van der Waals surface area contributed by atoms with Crippen LogP contribution in [0.1, 0.15) is 5.56 Å². The quantitative estimate of drug-likeness (QED) is 0.255. The number of benzene rings is 3. The average Bonchev–Trinajstić information content (AvgIpc) is 3.56. The van der Waals surface area contributed by atoms with Crippen LogP contribution in [0.4, 0.5) is 5.69 Å². The fraction of sp³-hybridized carbons (Fsp3) is 0.0690. The van der Waals surface area contributed by atoms with Gasteiger partial charge in [0, 0.05) is 28.9 Å². The molecule has 1 N–H and O–H groups in total. The third-order valence-electron chi connectivity index (χ3n) is 5.89. The number of carbonyl (C=O) groups excluding carboxylic acids is 1. The van der Waals surface area contributed by atoms with Gasteiger partial charge in [0.15, 0.2) is 17.3 Å². The normalized spacial score (nSPS) is 12.8. The van der Waals surface area contributed by atoms with E-state index < -0.39 is 5.91 Å². The number of nitrogens with one attached hydrogen (secondary N) is 1. The molecule has 0 saturated heterocycles. The number of nitriles is 1. The smallest absolute Gasteiger partial charge is 0.266 e. The molecule has 1 aliphatic heterocycles. The lowest BCUT2D eigenvalue weighted by Gasteiger charge is -2.18. The van der Waals surface area contributed by atoms with Crippen molar-refractivity contribution in [1.82, 2.24) is 9.78 Å². The van der Waals surface area contributed by atoms with Gasteiger partial charge in [-0.15, -0.1) is 0 Å². The van der Waals surface area contributed by atoms with Crippen molar-refractivity contribution in [2.45, 2.75) is 0 Å². The summed E-state index contributed by atoms with van der Waals surface area (Å²) < 4.78 is 18.9. The van der Waals surface area contributed by atoms with E-state index in [0.717, 1.165) is 16.7 Å². The van der Waals surface area contributed by atoms with Crippen molar-refractivity contribution in [3.05, 3.63) is 96.2 Å². The standard InChI is InChI=1S/C29H20N4O4/c30-17-20(29(34)31-22-10-11-25-26(16-22)36-13-12-35-25)14-21-18-33(23-7-2-1-3-8-23)32-28(21)27-15-19-6-4-5-9-24(19)37-27/h1-11,14-16,18H,12-13H2,(H,31,34)/b20-14+. The summed E-state index contributed by atoms with van der Waals surface area (Å²) in [5.74, 6) is 1.14. The molecule has 0 bridgehead atoms. The van der Waals surface area contributed by atoms with Gasteiger partial charge in [0.25, 0.3) is 5.91 Å². The van der Waals surface area contributed by atoms with Gasteiger partial charge >= 0.3 is 0 Å². The van der Waals surface area contributed by atoms with Gasteiger partial charge in [-0.3, -0.25) is 4.79 Å². The maximum Gasteiger partial charge on any atom is 0.266 e. The van der Waals surface area contributed by atoms with Crippen molar-refractivity contribution in [2.75, 3.05) is 18.5 Å². The molecule has 3 aromatic carbocycles. The average molecular weight is 489 g/mol. The van der Waals surface area contributed by atoms with Crippen LogP contribution in [-0.2, 0) is 4.79 Å². The van der Waals surface area contributed by atoms with Crippen molar-refractivity contribution < 1.29 is 18.7 Å².